The summed E-state index contributed by atoms with van der Waals surface area (Å²) >= 11 is 0. The SMILES string of the molecule is CCN1C(=O)C[C@@H]([NH+]2CCC(NC(=O)c3ccc(F)cc3)CC2)C1=O. The molecule has 1 aromatic carbocycles. The number of carbonyl (C=O) groups excluding carboxylic acids is 3. The van der Waals surface area contributed by atoms with Crippen LogP contribution in [0.1, 0.15) is 36.5 Å². The molecule has 0 saturated carbocycles. The van der Waals surface area contributed by atoms with Crippen molar-refractivity contribution < 1.29 is 23.7 Å². The van der Waals surface area contributed by atoms with Gasteiger partial charge in [0, 0.05) is 31.0 Å². The summed E-state index contributed by atoms with van der Waals surface area (Å²) in [7, 11) is 0. The van der Waals surface area contributed by atoms with Gasteiger partial charge in [-0.3, -0.25) is 19.3 Å². The number of carbonyl (C=O) groups is 3. The predicted octanol–water partition coefficient (Wildman–Crippen LogP) is -0.250. The van der Waals surface area contributed by atoms with E-state index in [1.807, 2.05) is 6.92 Å². The fourth-order valence-electron chi connectivity index (χ4n) is 3.69. The van der Waals surface area contributed by atoms with Gasteiger partial charge in [-0.2, -0.15) is 0 Å². The number of piperidine rings is 1. The first-order valence-corrected chi connectivity index (χ1v) is 8.74. The summed E-state index contributed by atoms with van der Waals surface area (Å²) < 4.78 is 12.9. The van der Waals surface area contributed by atoms with E-state index < -0.39 is 0 Å². The molecule has 2 aliphatic heterocycles. The lowest BCUT2D eigenvalue weighted by atomic mass is 10.0. The highest BCUT2D eigenvalue weighted by Gasteiger charge is 2.45. The van der Waals surface area contributed by atoms with Crippen molar-refractivity contribution in [2.45, 2.75) is 38.3 Å². The van der Waals surface area contributed by atoms with Crippen molar-refractivity contribution in [3.63, 3.8) is 0 Å². The van der Waals surface area contributed by atoms with E-state index in [2.05, 4.69) is 5.32 Å². The maximum Gasteiger partial charge on any atom is 0.287 e. The lowest BCUT2D eigenvalue weighted by Gasteiger charge is -2.32. The van der Waals surface area contributed by atoms with Crippen LogP contribution in [0, 0.1) is 5.82 Å². The molecule has 0 radical (unpaired) electrons. The number of halogens is 1. The van der Waals surface area contributed by atoms with Gasteiger partial charge in [0.05, 0.1) is 19.5 Å². The number of hydrogen-bond donors (Lipinski definition) is 2. The van der Waals surface area contributed by atoms with E-state index in [9.17, 15) is 18.8 Å². The first kappa shape index (κ1) is 17.5. The van der Waals surface area contributed by atoms with Crippen molar-refractivity contribution in [2.24, 2.45) is 0 Å². The van der Waals surface area contributed by atoms with Crippen LogP contribution < -0.4 is 10.2 Å². The molecule has 0 bridgehead atoms. The average Bonchev–Trinajstić information content (AvgIpc) is 2.90. The van der Waals surface area contributed by atoms with Crippen molar-refractivity contribution >= 4 is 17.7 Å². The van der Waals surface area contributed by atoms with Crippen molar-refractivity contribution in [1.29, 1.82) is 0 Å². The predicted molar refractivity (Wildman–Crippen MR) is 88.4 cm³/mol. The zero-order valence-corrected chi connectivity index (χ0v) is 14.3. The Hall–Kier alpha value is -2.28. The van der Waals surface area contributed by atoms with Gasteiger partial charge in [0.2, 0.25) is 5.91 Å². The molecule has 134 valence electrons. The number of likely N-dealkylation sites (tertiary alicyclic amines) is 2. The van der Waals surface area contributed by atoms with E-state index in [-0.39, 0.29) is 42.0 Å². The van der Waals surface area contributed by atoms with E-state index in [1.54, 1.807) is 0 Å². The van der Waals surface area contributed by atoms with Gasteiger partial charge >= 0.3 is 0 Å². The van der Waals surface area contributed by atoms with E-state index in [0.717, 1.165) is 30.8 Å². The van der Waals surface area contributed by atoms with Gasteiger partial charge in [-0.25, -0.2) is 4.39 Å². The third-order valence-electron chi connectivity index (χ3n) is 5.12. The number of benzene rings is 1. The zero-order chi connectivity index (χ0) is 18.0. The number of amides is 3. The van der Waals surface area contributed by atoms with Crippen LogP contribution in [0.15, 0.2) is 24.3 Å². The van der Waals surface area contributed by atoms with Gasteiger partial charge in [0.1, 0.15) is 5.82 Å². The number of nitrogens with zero attached hydrogens (tertiary/aromatic N) is 1. The van der Waals surface area contributed by atoms with Gasteiger partial charge in [0.25, 0.3) is 11.8 Å². The second kappa shape index (κ2) is 7.31. The fourth-order valence-corrected chi connectivity index (χ4v) is 3.69. The average molecular weight is 348 g/mol. The lowest BCUT2D eigenvalue weighted by molar-refractivity contribution is -0.920. The number of imide groups is 1. The Morgan fingerprint density at radius 1 is 1.24 bits per heavy atom. The Morgan fingerprint density at radius 3 is 2.44 bits per heavy atom. The summed E-state index contributed by atoms with van der Waals surface area (Å²) in [4.78, 5) is 38.8. The number of likely N-dealkylation sites (N-methyl/N-ethyl adjacent to an activating group) is 1. The Kier molecular flexibility index (Phi) is 5.13. The molecule has 2 N–H and O–H groups in total. The van der Waals surface area contributed by atoms with Gasteiger partial charge in [0.15, 0.2) is 6.04 Å². The monoisotopic (exact) mass is 348 g/mol. The number of nitrogens with one attached hydrogen (secondary N) is 2. The molecule has 6 nitrogen and oxygen atoms in total. The molecule has 2 heterocycles. The second-order valence-corrected chi connectivity index (χ2v) is 6.65. The van der Waals surface area contributed by atoms with Crippen LogP contribution in [-0.4, -0.2) is 54.3 Å². The smallest absolute Gasteiger partial charge is 0.287 e. The summed E-state index contributed by atoms with van der Waals surface area (Å²) in [5.41, 5.74) is 0.436. The molecule has 2 fully saturated rings. The van der Waals surface area contributed by atoms with Crippen LogP contribution in [0.25, 0.3) is 0 Å². The molecule has 3 rings (SSSR count). The standard InChI is InChI=1S/C18H22FN3O3/c1-2-22-16(23)11-15(18(22)25)21-9-7-14(8-10-21)20-17(24)12-3-5-13(19)6-4-12/h3-6,14-15H,2,7-11H2,1H3,(H,20,24)/p+1/t15-/m1/s1. The highest BCUT2D eigenvalue weighted by Crippen LogP contribution is 2.12. The van der Waals surface area contributed by atoms with Gasteiger partial charge in [-0.15, -0.1) is 0 Å². The van der Waals surface area contributed by atoms with Crippen molar-refractivity contribution in [3.05, 3.63) is 35.6 Å². The molecule has 0 spiro atoms. The van der Waals surface area contributed by atoms with Crippen LogP contribution in [0.4, 0.5) is 4.39 Å². The van der Waals surface area contributed by atoms with Crippen molar-refractivity contribution in [1.82, 2.24) is 10.2 Å². The highest BCUT2D eigenvalue weighted by atomic mass is 19.1. The van der Waals surface area contributed by atoms with E-state index in [4.69, 9.17) is 0 Å². The molecular formula is C18H23FN3O3+. The quantitative estimate of drug-likeness (QED) is 0.737. The Balaban J connectivity index is 1.52. The Morgan fingerprint density at radius 2 is 1.88 bits per heavy atom. The molecule has 0 unspecified atom stereocenters. The molecule has 3 amide bonds. The lowest BCUT2D eigenvalue weighted by Crippen LogP contribution is -3.17. The maximum absolute atomic E-state index is 12.9. The van der Waals surface area contributed by atoms with Crippen LogP contribution in [-0.2, 0) is 9.59 Å². The first-order valence-electron chi connectivity index (χ1n) is 8.74. The van der Waals surface area contributed by atoms with Gasteiger partial charge in [-0.1, -0.05) is 0 Å². The highest BCUT2D eigenvalue weighted by molar-refractivity contribution is 6.04. The first-order chi connectivity index (χ1) is 12.0. The Labute approximate surface area is 146 Å². The minimum atomic E-state index is -0.370. The summed E-state index contributed by atoms with van der Waals surface area (Å²) in [5, 5.41) is 2.97. The molecule has 7 heteroatoms. The summed E-state index contributed by atoms with van der Waals surface area (Å²) in [6.07, 6.45) is 1.80. The van der Waals surface area contributed by atoms with Crippen LogP contribution in [0.3, 0.4) is 0 Å². The number of hydrogen-bond acceptors (Lipinski definition) is 3. The molecule has 1 aromatic rings. The Bertz CT molecular complexity index is 669. The summed E-state index contributed by atoms with van der Waals surface area (Å²) in [6.45, 7) is 3.73. The molecule has 2 aliphatic rings. The number of quaternary nitrogens is 1. The number of rotatable bonds is 4. The van der Waals surface area contributed by atoms with E-state index in [1.165, 1.54) is 29.2 Å². The maximum atomic E-state index is 12.9. The van der Waals surface area contributed by atoms with Gasteiger partial charge in [-0.05, 0) is 31.2 Å². The molecule has 0 aromatic heterocycles. The van der Waals surface area contributed by atoms with Gasteiger partial charge < -0.3 is 10.2 Å². The largest absolute Gasteiger partial charge is 0.349 e. The molecular weight excluding hydrogens is 325 g/mol. The topological polar surface area (TPSA) is 70.9 Å². The minimum absolute atomic E-state index is 0.0378. The third kappa shape index (κ3) is 3.71. The summed E-state index contributed by atoms with van der Waals surface area (Å²) in [5.74, 6) is -0.740. The second-order valence-electron chi connectivity index (χ2n) is 6.65. The molecule has 1 atom stereocenters. The van der Waals surface area contributed by atoms with Crippen LogP contribution in [0.2, 0.25) is 0 Å². The van der Waals surface area contributed by atoms with Crippen molar-refractivity contribution in [3.8, 4) is 0 Å². The van der Waals surface area contributed by atoms with E-state index >= 15 is 0 Å². The third-order valence-corrected chi connectivity index (χ3v) is 5.12. The van der Waals surface area contributed by atoms with Crippen LogP contribution in [0.5, 0.6) is 0 Å². The molecule has 25 heavy (non-hydrogen) atoms. The minimum Gasteiger partial charge on any atom is -0.349 e. The zero-order valence-electron chi connectivity index (χ0n) is 14.3. The van der Waals surface area contributed by atoms with E-state index in [0.29, 0.717) is 12.1 Å². The molecule has 0 aliphatic carbocycles. The van der Waals surface area contributed by atoms with Crippen LogP contribution >= 0.6 is 0 Å². The summed E-state index contributed by atoms with van der Waals surface area (Å²) in [6, 6.07) is 5.23. The normalized spacial score (nSPS) is 26.8. The van der Waals surface area contributed by atoms with Crippen molar-refractivity contribution in [2.75, 3.05) is 19.6 Å². The molecule has 2 saturated heterocycles. The fraction of sp³-hybridized carbons (Fsp3) is 0.500.